The summed E-state index contributed by atoms with van der Waals surface area (Å²) in [7, 11) is -3.79. The summed E-state index contributed by atoms with van der Waals surface area (Å²) >= 11 is 9.72. The highest BCUT2D eigenvalue weighted by molar-refractivity contribution is 9.10. The molecule has 0 saturated heterocycles. The van der Waals surface area contributed by atoms with E-state index in [1.807, 2.05) is 60.7 Å². The van der Waals surface area contributed by atoms with Gasteiger partial charge in [0.05, 0.1) is 11.6 Å². The van der Waals surface area contributed by atoms with Gasteiger partial charge in [0.1, 0.15) is 5.75 Å². The predicted octanol–water partition coefficient (Wildman–Crippen LogP) is 7.84. The largest absolute Gasteiger partial charge is 0.544 e. The van der Waals surface area contributed by atoms with E-state index in [2.05, 4.69) is 15.9 Å². The van der Waals surface area contributed by atoms with Crippen LogP contribution < -0.4 is 13.7 Å². The number of anilines is 1. The van der Waals surface area contributed by atoms with E-state index in [-0.39, 0.29) is 0 Å². The van der Waals surface area contributed by atoms with Gasteiger partial charge in [-0.05, 0) is 53.2 Å². The van der Waals surface area contributed by atoms with Crippen molar-refractivity contribution in [1.29, 1.82) is 0 Å². The SMILES string of the molecule is O=P1(Oc2ccccc2Cl)Oc2ccc3ccccc3c2CN1c1ccc(Br)cc1. The summed E-state index contributed by atoms with van der Waals surface area (Å²) in [5.74, 6) is 0.867. The summed E-state index contributed by atoms with van der Waals surface area (Å²) in [6.07, 6.45) is 0. The van der Waals surface area contributed by atoms with Crippen LogP contribution in [0.25, 0.3) is 10.8 Å². The minimum atomic E-state index is -3.79. The minimum absolute atomic E-state index is 0.314. The van der Waals surface area contributed by atoms with Crippen LogP contribution >= 0.6 is 35.3 Å². The molecular weight excluding hydrogens is 485 g/mol. The smallest absolute Gasteiger partial charge is 0.400 e. The summed E-state index contributed by atoms with van der Waals surface area (Å²) in [5, 5.41) is 2.52. The molecule has 0 fully saturated rings. The quantitative estimate of drug-likeness (QED) is 0.269. The Kier molecular flexibility index (Phi) is 4.98. The van der Waals surface area contributed by atoms with Gasteiger partial charge in [0.15, 0.2) is 5.75 Å². The Labute approximate surface area is 187 Å². The van der Waals surface area contributed by atoms with Crippen LogP contribution in [0, 0.1) is 0 Å². The molecule has 0 amide bonds. The van der Waals surface area contributed by atoms with Gasteiger partial charge in [0.2, 0.25) is 0 Å². The van der Waals surface area contributed by atoms with E-state index in [1.165, 1.54) is 0 Å². The zero-order valence-electron chi connectivity index (χ0n) is 15.7. The first-order chi connectivity index (χ1) is 14.5. The molecule has 0 aliphatic carbocycles. The fourth-order valence-electron chi connectivity index (χ4n) is 3.53. The highest BCUT2D eigenvalue weighted by Gasteiger charge is 2.43. The normalized spacial score (nSPS) is 18.0. The van der Waals surface area contributed by atoms with Crippen LogP contribution in [-0.4, -0.2) is 0 Å². The van der Waals surface area contributed by atoms with Crippen LogP contribution in [0.4, 0.5) is 5.69 Å². The van der Waals surface area contributed by atoms with Crippen molar-refractivity contribution in [3.05, 3.63) is 100.0 Å². The van der Waals surface area contributed by atoms with E-state index in [4.69, 9.17) is 20.6 Å². The molecule has 4 aromatic rings. The van der Waals surface area contributed by atoms with Gasteiger partial charge in [-0.3, -0.25) is 4.67 Å². The molecule has 1 aliphatic heterocycles. The maximum atomic E-state index is 14.1. The fraction of sp³-hybridized carbons (Fsp3) is 0.0435. The number of para-hydroxylation sites is 1. The van der Waals surface area contributed by atoms with Gasteiger partial charge in [0.25, 0.3) is 0 Å². The monoisotopic (exact) mass is 499 g/mol. The average Bonchev–Trinajstić information content (AvgIpc) is 2.75. The van der Waals surface area contributed by atoms with Crippen molar-refractivity contribution >= 4 is 51.7 Å². The Hall–Kier alpha value is -2.46. The van der Waals surface area contributed by atoms with Crippen LogP contribution in [0.5, 0.6) is 11.5 Å². The van der Waals surface area contributed by atoms with E-state index >= 15 is 0 Å². The number of benzene rings is 4. The third-order valence-electron chi connectivity index (χ3n) is 4.99. The Morgan fingerprint density at radius 2 is 1.67 bits per heavy atom. The third kappa shape index (κ3) is 3.47. The van der Waals surface area contributed by atoms with Crippen molar-refractivity contribution in [1.82, 2.24) is 0 Å². The van der Waals surface area contributed by atoms with E-state index in [0.717, 1.165) is 26.5 Å². The molecule has 0 spiro atoms. The van der Waals surface area contributed by atoms with Crippen molar-refractivity contribution in [3.8, 4) is 11.5 Å². The second kappa shape index (κ2) is 7.66. The number of halogens is 2. The summed E-state index contributed by atoms with van der Waals surface area (Å²) in [5.41, 5.74) is 1.69. The lowest BCUT2D eigenvalue weighted by molar-refractivity contribution is 0.371. The van der Waals surface area contributed by atoms with Crippen LogP contribution in [0.1, 0.15) is 5.56 Å². The highest BCUT2D eigenvalue weighted by atomic mass is 79.9. The molecule has 0 bridgehead atoms. The molecule has 0 radical (unpaired) electrons. The third-order valence-corrected chi connectivity index (χ3v) is 7.65. The average molecular weight is 501 g/mol. The number of hydrogen-bond acceptors (Lipinski definition) is 3. The van der Waals surface area contributed by atoms with Crippen LogP contribution in [0.2, 0.25) is 5.02 Å². The number of nitrogens with zero attached hydrogens (tertiary/aromatic N) is 1. The zero-order valence-corrected chi connectivity index (χ0v) is 18.9. The first-order valence-electron chi connectivity index (χ1n) is 9.31. The molecule has 4 nitrogen and oxygen atoms in total. The molecule has 1 heterocycles. The molecule has 1 unspecified atom stereocenters. The molecule has 30 heavy (non-hydrogen) atoms. The molecule has 1 aliphatic rings. The second-order valence-electron chi connectivity index (χ2n) is 6.88. The zero-order chi connectivity index (χ0) is 20.7. The molecule has 0 N–H and O–H groups in total. The molecule has 0 aromatic heterocycles. The number of fused-ring (bicyclic) bond motifs is 3. The van der Waals surface area contributed by atoms with Crippen LogP contribution in [-0.2, 0) is 11.1 Å². The second-order valence-corrected chi connectivity index (χ2v) is 9.99. The van der Waals surface area contributed by atoms with E-state index in [9.17, 15) is 4.57 Å². The standard InChI is InChI=1S/C23H16BrClNO3P/c24-17-10-12-18(13-11-17)26-15-20-19-6-2-1-5-16(19)9-14-22(20)28-30(26,27)29-23-8-4-3-7-21(23)25/h1-14H,15H2. The Morgan fingerprint density at radius 3 is 2.47 bits per heavy atom. The van der Waals surface area contributed by atoms with Crippen molar-refractivity contribution in [2.45, 2.75) is 6.54 Å². The summed E-state index contributed by atoms with van der Waals surface area (Å²) in [6, 6.07) is 26.4. The van der Waals surface area contributed by atoms with Gasteiger partial charge in [-0.25, -0.2) is 4.57 Å². The lowest BCUT2D eigenvalue weighted by atomic mass is 10.0. The highest BCUT2D eigenvalue weighted by Crippen LogP contribution is 2.59. The Morgan fingerprint density at radius 1 is 0.933 bits per heavy atom. The summed E-state index contributed by atoms with van der Waals surface area (Å²) < 4.78 is 28.7. The maximum absolute atomic E-state index is 14.1. The molecular formula is C23H16BrClNO3P. The molecule has 150 valence electrons. The van der Waals surface area contributed by atoms with Crippen molar-refractivity contribution in [3.63, 3.8) is 0 Å². The molecule has 0 saturated carbocycles. The molecule has 4 aromatic carbocycles. The molecule has 1 atom stereocenters. The van der Waals surface area contributed by atoms with Crippen molar-refractivity contribution in [2.75, 3.05) is 4.67 Å². The van der Waals surface area contributed by atoms with Gasteiger partial charge < -0.3 is 9.05 Å². The maximum Gasteiger partial charge on any atom is 0.544 e. The van der Waals surface area contributed by atoms with Crippen LogP contribution in [0.3, 0.4) is 0 Å². The first kappa shape index (κ1) is 19.5. The fourth-order valence-corrected chi connectivity index (χ4v) is 5.82. The molecule has 7 heteroatoms. The number of rotatable bonds is 3. The van der Waals surface area contributed by atoms with Crippen molar-refractivity contribution in [2.24, 2.45) is 0 Å². The van der Waals surface area contributed by atoms with Gasteiger partial charge >= 0.3 is 7.75 Å². The van der Waals surface area contributed by atoms with Gasteiger partial charge in [-0.1, -0.05) is 70.0 Å². The summed E-state index contributed by atoms with van der Waals surface area (Å²) in [6.45, 7) is 0.375. The lowest BCUT2D eigenvalue weighted by Gasteiger charge is -2.36. The van der Waals surface area contributed by atoms with Gasteiger partial charge in [0, 0.05) is 15.7 Å². The minimum Gasteiger partial charge on any atom is -0.400 e. The van der Waals surface area contributed by atoms with Crippen LogP contribution in [0.15, 0.2) is 89.4 Å². The summed E-state index contributed by atoms with van der Waals surface area (Å²) in [4.78, 5) is 0. The van der Waals surface area contributed by atoms with E-state index < -0.39 is 7.75 Å². The molecule has 5 rings (SSSR count). The predicted molar refractivity (Wildman–Crippen MR) is 125 cm³/mol. The Balaban J connectivity index is 1.66. The topological polar surface area (TPSA) is 38.8 Å². The Bertz CT molecular complexity index is 1300. The van der Waals surface area contributed by atoms with E-state index in [1.54, 1.807) is 28.9 Å². The van der Waals surface area contributed by atoms with E-state index in [0.29, 0.717) is 23.1 Å². The lowest BCUT2D eigenvalue weighted by Crippen LogP contribution is -2.29. The van der Waals surface area contributed by atoms with Gasteiger partial charge in [-0.15, -0.1) is 0 Å². The first-order valence-corrected chi connectivity index (χ1v) is 12.0. The van der Waals surface area contributed by atoms with Crippen molar-refractivity contribution < 1.29 is 13.6 Å². The number of hydrogen-bond donors (Lipinski definition) is 0. The van der Waals surface area contributed by atoms with Gasteiger partial charge in [-0.2, -0.15) is 0 Å².